The van der Waals surface area contributed by atoms with Gasteiger partial charge in [0.15, 0.2) is 11.6 Å². The van der Waals surface area contributed by atoms with Crippen molar-refractivity contribution in [2.75, 3.05) is 11.9 Å². The first kappa shape index (κ1) is 16.1. The Hall–Kier alpha value is -2.27. The van der Waals surface area contributed by atoms with Crippen molar-refractivity contribution in [3.05, 3.63) is 47.1 Å². The molecular formula is C16H17ClN2O3. The molecular weight excluding hydrogens is 304 g/mol. The second-order valence-electron chi connectivity index (χ2n) is 4.78. The summed E-state index contributed by atoms with van der Waals surface area (Å²) in [5.74, 6) is 0.656. The Morgan fingerprint density at radius 3 is 2.95 bits per heavy atom. The Balaban J connectivity index is 1.74. The maximum atomic E-state index is 11.8. The Labute approximate surface area is 133 Å². The third-order valence-electron chi connectivity index (χ3n) is 2.99. The Bertz CT molecular complexity index is 662. The lowest BCUT2D eigenvalue weighted by molar-refractivity contribution is -0.116. The zero-order valence-corrected chi connectivity index (χ0v) is 12.9. The molecule has 116 valence electrons. The molecule has 1 amide bonds. The fourth-order valence-corrected chi connectivity index (χ4v) is 2.10. The highest BCUT2D eigenvalue weighted by Crippen LogP contribution is 2.22. The van der Waals surface area contributed by atoms with Gasteiger partial charge in [-0.1, -0.05) is 11.6 Å². The fraction of sp³-hybridized carbons (Fsp3) is 0.250. The van der Waals surface area contributed by atoms with Gasteiger partial charge in [-0.25, -0.2) is 4.98 Å². The predicted molar refractivity (Wildman–Crippen MR) is 85.4 cm³/mol. The minimum absolute atomic E-state index is 0.0520. The van der Waals surface area contributed by atoms with Crippen molar-refractivity contribution in [3.8, 4) is 11.5 Å². The van der Waals surface area contributed by atoms with E-state index in [2.05, 4.69) is 10.3 Å². The molecule has 1 aromatic carbocycles. The van der Waals surface area contributed by atoms with Crippen molar-refractivity contribution >= 4 is 23.3 Å². The van der Waals surface area contributed by atoms with Crippen LogP contribution >= 0.6 is 11.6 Å². The maximum Gasteiger partial charge on any atom is 0.225 e. The molecule has 0 bridgehead atoms. The standard InChI is InChI=1S/C16H17ClN2O3/c1-11-10-12(17)6-7-14(11)22-9-3-5-15(21)19-16-13(20)4-2-8-18-16/h2,4,6-8,10,20H,3,5,9H2,1H3,(H,18,19,21). The molecule has 0 atom stereocenters. The zero-order chi connectivity index (χ0) is 15.9. The number of nitrogens with zero attached hydrogens (tertiary/aromatic N) is 1. The molecule has 0 unspecified atom stereocenters. The number of anilines is 1. The second kappa shape index (κ2) is 7.66. The van der Waals surface area contributed by atoms with Crippen LogP contribution in [-0.4, -0.2) is 22.6 Å². The van der Waals surface area contributed by atoms with Crippen LogP contribution in [0.4, 0.5) is 5.82 Å². The number of aromatic nitrogens is 1. The molecule has 5 nitrogen and oxygen atoms in total. The van der Waals surface area contributed by atoms with E-state index in [0.29, 0.717) is 18.1 Å². The number of nitrogens with one attached hydrogen (secondary N) is 1. The van der Waals surface area contributed by atoms with Gasteiger partial charge in [-0.05, 0) is 49.2 Å². The van der Waals surface area contributed by atoms with Gasteiger partial charge in [0, 0.05) is 17.6 Å². The molecule has 0 spiro atoms. The quantitative estimate of drug-likeness (QED) is 0.798. The van der Waals surface area contributed by atoms with Crippen molar-refractivity contribution in [3.63, 3.8) is 0 Å². The Morgan fingerprint density at radius 2 is 2.23 bits per heavy atom. The molecule has 2 aromatic rings. The summed E-state index contributed by atoms with van der Waals surface area (Å²) >= 11 is 5.87. The summed E-state index contributed by atoms with van der Waals surface area (Å²) in [4.78, 5) is 15.6. The van der Waals surface area contributed by atoms with Gasteiger partial charge >= 0.3 is 0 Å². The number of amides is 1. The third-order valence-corrected chi connectivity index (χ3v) is 3.22. The van der Waals surface area contributed by atoms with Crippen LogP contribution in [0, 0.1) is 6.92 Å². The van der Waals surface area contributed by atoms with Crippen LogP contribution < -0.4 is 10.1 Å². The highest BCUT2D eigenvalue weighted by Gasteiger charge is 2.07. The molecule has 0 radical (unpaired) electrons. The van der Waals surface area contributed by atoms with Gasteiger partial charge in [0.2, 0.25) is 5.91 Å². The van der Waals surface area contributed by atoms with Crippen LogP contribution in [-0.2, 0) is 4.79 Å². The average Bonchev–Trinajstić information content (AvgIpc) is 2.48. The number of halogens is 1. The molecule has 1 aromatic heterocycles. The summed E-state index contributed by atoms with van der Waals surface area (Å²) in [6.45, 7) is 2.34. The summed E-state index contributed by atoms with van der Waals surface area (Å²) < 4.78 is 5.61. The fourth-order valence-electron chi connectivity index (χ4n) is 1.88. The van der Waals surface area contributed by atoms with Crippen molar-refractivity contribution in [1.82, 2.24) is 4.98 Å². The number of rotatable bonds is 6. The molecule has 1 heterocycles. The number of hydrogen-bond acceptors (Lipinski definition) is 4. The van der Waals surface area contributed by atoms with Crippen molar-refractivity contribution in [2.24, 2.45) is 0 Å². The molecule has 0 aliphatic carbocycles. The molecule has 0 aliphatic heterocycles. The van der Waals surface area contributed by atoms with Gasteiger partial charge in [0.25, 0.3) is 0 Å². The van der Waals surface area contributed by atoms with E-state index in [9.17, 15) is 9.90 Å². The first-order valence-corrected chi connectivity index (χ1v) is 7.27. The normalized spacial score (nSPS) is 10.3. The highest BCUT2D eigenvalue weighted by atomic mass is 35.5. The summed E-state index contributed by atoms with van der Waals surface area (Å²) in [6, 6.07) is 8.46. The number of carbonyl (C=O) groups is 1. The van der Waals surface area contributed by atoms with Gasteiger partial charge < -0.3 is 15.2 Å². The second-order valence-corrected chi connectivity index (χ2v) is 5.22. The summed E-state index contributed by atoms with van der Waals surface area (Å²) in [6.07, 6.45) is 2.34. The lowest BCUT2D eigenvalue weighted by Gasteiger charge is -2.09. The predicted octanol–water partition coefficient (Wildman–Crippen LogP) is 3.55. The molecule has 0 aliphatic rings. The number of hydrogen-bond donors (Lipinski definition) is 2. The summed E-state index contributed by atoms with van der Waals surface area (Å²) in [5, 5.41) is 12.7. The first-order chi connectivity index (χ1) is 10.6. The Morgan fingerprint density at radius 1 is 1.41 bits per heavy atom. The van der Waals surface area contributed by atoms with E-state index in [1.807, 2.05) is 19.1 Å². The van der Waals surface area contributed by atoms with Gasteiger partial charge in [-0.15, -0.1) is 0 Å². The molecule has 22 heavy (non-hydrogen) atoms. The van der Waals surface area contributed by atoms with E-state index in [0.717, 1.165) is 11.3 Å². The lowest BCUT2D eigenvalue weighted by Crippen LogP contribution is -2.13. The van der Waals surface area contributed by atoms with Gasteiger partial charge in [-0.3, -0.25) is 4.79 Å². The van der Waals surface area contributed by atoms with Gasteiger partial charge in [-0.2, -0.15) is 0 Å². The monoisotopic (exact) mass is 320 g/mol. The van der Waals surface area contributed by atoms with Crippen molar-refractivity contribution in [1.29, 1.82) is 0 Å². The molecule has 0 saturated carbocycles. The first-order valence-electron chi connectivity index (χ1n) is 6.89. The van der Waals surface area contributed by atoms with Gasteiger partial charge in [0.1, 0.15) is 5.75 Å². The van der Waals surface area contributed by atoms with Crippen LogP contribution in [0.25, 0.3) is 0 Å². The average molecular weight is 321 g/mol. The minimum atomic E-state index is -0.217. The van der Waals surface area contributed by atoms with Crippen LogP contribution in [0.15, 0.2) is 36.5 Å². The minimum Gasteiger partial charge on any atom is -0.504 e. The highest BCUT2D eigenvalue weighted by molar-refractivity contribution is 6.30. The van der Waals surface area contributed by atoms with E-state index < -0.39 is 0 Å². The number of carbonyl (C=O) groups excluding carboxylic acids is 1. The number of benzene rings is 1. The van der Waals surface area contributed by atoms with E-state index in [1.54, 1.807) is 12.1 Å². The van der Waals surface area contributed by atoms with E-state index in [1.165, 1.54) is 12.3 Å². The molecule has 0 fully saturated rings. The number of ether oxygens (including phenoxy) is 1. The Kier molecular flexibility index (Phi) is 5.61. The van der Waals surface area contributed by atoms with E-state index in [4.69, 9.17) is 16.3 Å². The van der Waals surface area contributed by atoms with Crippen molar-refractivity contribution in [2.45, 2.75) is 19.8 Å². The van der Waals surface area contributed by atoms with Crippen LogP contribution in [0.3, 0.4) is 0 Å². The topological polar surface area (TPSA) is 71.5 Å². The van der Waals surface area contributed by atoms with Crippen LogP contribution in [0.2, 0.25) is 5.02 Å². The molecule has 6 heteroatoms. The largest absolute Gasteiger partial charge is 0.504 e. The smallest absolute Gasteiger partial charge is 0.225 e. The van der Waals surface area contributed by atoms with Crippen molar-refractivity contribution < 1.29 is 14.6 Å². The number of pyridine rings is 1. The van der Waals surface area contributed by atoms with E-state index >= 15 is 0 Å². The number of aromatic hydroxyl groups is 1. The SMILES string of the molecule is Cc1cc(Cl)ccc1OCCCC(=O)Nc1ncccc1O. The maximum absolute atomic E-state index is 11.8. The lowest BCUT2D eigenvalue weighted by atomic mass is 10.2. The molecule has 2 rings (SSSR count). The number of aryl methyl sites for hydroxylation is 1. The van der Waals surface area contributed by atoms with Crippen LogP contribution in [0.5, 0.6) is 11.5 Å². The molecule has 0 saturated heterocycles. The van der Waals surface area contributed by atoms with Crippen LogP contribution in [0.1, 0.15) is 18.4 Å². The third kappa shape index (κ3) is 4.63. The van der Waals surface area contributed by atoms with Gasteiger partial charge in [0.05, 0.1) is 6.61 Å². The molecule has 2 N–H and O–H groups in total. The zero-order valence-electron chi connectivity index (χ0n) is 12.2. The summed E-state index contributed by atoms with van der Waals surface area (Å²) in [5.41, 5.74) is 0.954. The summed E-state index contributed by atoms with van der Waals surface area (Å²) in [7, 11) is 0. The van der Waals surface area contributed by atoms with E-state index in [-0.39, 0.29) is 23.9 Å².